The summed E-state index contributed by atoms with van der Waals surface area (Å²) < 4.78 is 22.0. The van der Waals surface area contributed by atoms with Gasteiger partial charge in [-0.2, -0.15) is 0 Å². The van der Waals surface area contributed by atoms with Gasteiger partial charge in [0, 0.05) is 0 Å². The fourth-order valence-electron chi connectivity index (χ4n) is 5.12. The Kier molecular flexibility index (Phi) is 5.23. The number of ether oxygens (including phenoxy) is 4. The lowest BCUT2D eigenvalue weighted by Crippen LogP contribution is -2.47. The van der Waals surface area contributed by atoms with Crippen molar-refractivity contribution in [2.24, 2.45) is 34.5 Å². The number of fused-ring (bicyclic) bond motifs is 2. The van der Waals surface area contributed by atoms with E-state index >= 15 is 0 Å². The van der Waals surface area contributed by atoms with Gasteiger partial charge in [0.25, 0.3) is 0 Å². The zero-order valence-corrected chi connectivity index (χ0v) is 16.5. The Labute approximate surface area is 161 Å². The first kappa shape index (κ1) is 19.2. The zero-order chi connectivity index (χ0) is 19.1. The van der Waals surface area contributed by atoms with Gasteiger partial charge in [-0.15, -0.1) is 0 Å². The molecule has 2 aliphatic heterocycles. The minimum absolute atomic E-state index is 0.00489. The molecule has 2 saturated heterocycles. The first-order chi connectivity index (χ1) is 13.0. The highest BCUT2D eigenvalue weighted by Gasteiger charge is 2.53. The van der Waals surface area contributed by atoms with E-state index < -0.39 is 0 Å². The summed E-state index contributed by atoms with van der Waals surface area (Å²) in [5.74, 6) is -0.0223. The number of esters is 2. The molecule has 2 atom stereocenters. The van der Waals surface area contributed by atoms with Gasteiger partial charge in [-0.3, -0.25) is 9.59 Å². The second-order valence-corrected chi connectivity index (χ2v) is 9.36. The van der Waals surface area contributed by atoms with Gasteiger partial charge in [-0.25, -0.2) is 0 Å². The molecular weight excluding hydrogens is 348 g/mol. The van der Waals surface area contributed by atoms with Gasteiger partial charge in [0.15, 0.2) is 0 Å². The fraction of sp³-hybridized carbons (Fsp3) is 0.905. The Morgan fingerprint density at radius 3 is 1.56 bits per heavy atom. The van der Waals surface area contributed by atoms with Crippen LogP contribution in [-0.2, 0) is 28.5 Å². The van der Waals surface area contributed by atoms with E-state index in [9.17, 15) is 9.59 Å². The number of hydrogen-bond acceptors (Lipinski definition) is 6. The van der Waals surface area contributed by atoms with E-state index in [1.165, 1.54) is 0 Å². The highest BCUT2D eigenvalue weighted by atomic mass is 16.6. The van der Waals surface area contributed by atoms with Crippen LogP contribution in [0, 0.1) is 34.5 Å². The first-order valence-electron chi connectivity index (χ1n) is 10.5. The van der Waals surface area contributed by atoms with Crippen LogP contribution in [0.3, 0.4) is 0 Å². The molecule has 2 aliphatic carbocycles. The van der Waals surface area contributed by atoms with Crippen LogP contribution in [0.15, 0.2) is 0 Å². The molecule has 0 aromatic heterocycles. The Balaban J connectivity index is 1.30. The highest BCUT2D eigenvalue weighted by molar-refractivity contribution is 5.78. The summed E-state index contributed by atoms with van der Waals surface area (Å²) in [5, 5.41) is 0. The maximum absolute atomic E-state index is 12.7. The SMILES string of the molecule is CCC1(COC(=O)C2CC3CC(C(=O)OCC4(CC)COC4)C2C3)COC1. The van der Waals surface area contributed by atoms with Crippen LogP contribution in [-0.4, -0.2) is 51.6 Å². The Morgan fingerprint density at radius 1 is 0.815 bits per heavy atom. The van der Waals surface area contributed by atoms with E-state index in [0.29, 0.717) is 45.6 Å². The van der Waals surface area contributed by atoms with Gasteiger partial charge in [0.05, 0.1) is 49.1 Å². The molecule has 2 saturated carbocycles. The molecule has 6 nitrogen and oxygen atoms in total. The molecule has 2 bridgehead atoms. The number of rotatable bonds is 8. The molecule has 0 aromatic carbocycles. The van der Waals surface area contributed by atoms with Gasteiger partial charge >= 0.3 is 11.9 Å². The molecule has 2 heterocycles. The third kappa shape index (κ3) is 3.51. The zero-order valence-electron chi connectivity index (χ0n) is 16.5. The molecule has 6 heteroatoms. The smallest absolute Gasteiger partial charge is 0.309 e. The minimum atomic E-state index is -0.150. The van der Waals surface area contributed by atoms with E-state index in [0.717, 1.165) is 32.1 Å². The van der Waals surface area contributed by atoms with Crippen molar-refractivity contribution in [3.05, 3.63) is 0 Å². The van der Waals surface area contributed by atoms with Crippen molar-refractivity contribution in [3.8, 4) is 0 Å². The number of carbonyl (C=O) groups excluding carboxylic acids is 2. The van der Waals surface area contributed by atoms with E-state index in [1.54, 1.807) is 0 Å². The van der Waals surface area contributed by atoms with E-state index in [2.05, 4.69) is 13.8 Å². The Morgan fingerprint density at radius 2 is 1.26 bits per heavy atom. The van der Waals surface area contributed by atoms with Crippen molar-refractivity contribution >= 4 is 11.9 Å². The summed E-state index contributed by atoms with van der Waals surface area (Å²) in [7, 11) is 0. The summed E-state index contributed by atoms with van der Waals surface area (Å²) in [6.45, 7) is 7.77. The van der Waals surface area contributed by atoms with Crippen molar-refractivity contribution in [2.75, 3.05) is 39.6 Å². The molecule has 4 fully saturated rings. The molecule has 0 N–H and O–H groups in total. The normalized spacial score (nSPS) is 35.2. The van der Waals surface area contributed by atoms with Crippen molar-refractivity contribution in [1.29, 1.82) is 0 Å². The van der Waals surface area contributed by atoms with E-state index in [1.807, 2.05) is 0 Å². The first-order valence-corrected chi connectivity index (χ1v) is 10.5. The summed E-state index contributed by atoms with van der Waals surface area (Å²) >= 11 is 0. The second kappa shape index (κ2) is 7.36. The molecule has 0 amide bonds. The van der Waals surface area contributed by atoms with Gasteiger partial charge < -0.3 is 18.9 Å². The predicted octanol–water partition coefficient (Wildman–Crippen LogP) is 2.59. The lowest BCUT2D eigenvalue weighted by Gasteiger charge is -2.41. The third-order valence-corrected chi connectivity index (χ3v) is 7.59. The van der Waals surface area contributed by atoms with Crippen LogP contribution < -0.4 is 0 Å². The van der Waals surface area contributed by atoms with Crippen molar-refractivity contribution in [3.63, 3.8) is 0 Å². The predicted molar refractivity (Wildman–Crippen MR) is 96.8 cm³/mol. The molecule has 4 rings (SSSR count). The molecule has 27 heavy (non-hydrogen) atoms. The minimum Gasteiger partial charge on any atom is -0.465 e. The Bertz CT molecular complexity index is 520. The van der Waals surface area contributed by atoms with Crippen molar-refractivity contribution in [2.45, 2.75) is 46.0 Å². The lowest BCUT2D eigenvalue weighted by atomic mass is 9.80. The van der Waals surface area contributed by atoms with Crippen LogP contribution in [0.25, 0.3) is 0 Å². The maximum atomic E-state index is 12.7. The van der Waals surface area contributed by atoms with Crippen LogP contribution >= 0.6 is 0 Å². The van der Waals surface area contributed by atoms with Crippen LogP contribution in [0.1, 0.15) is 46.0 Å². The summed E-state index contributed by atoms with van der Waals surface area (Å²) in [5.41, 5.74) is 0.00977. The largest absolute Gasteiger partial charge is 0.465 e. The molecule has 0 radical (unpaired) electrons. The quantitative estimate of drug-likeness (QED) is 0.603. The highest BCUT2D eigenvalue weighted by Crippen LogP contribution is 2.53. The number of hydrogen-bond donors (Lipinski definition) is 0. The molecule has 0 spiro atoms. The number of carbonyl (C=O) groups is 2. The molecule has 152 valence electrons. The maximum Gasteiger partial charge on any atom is 0.309 e. The summed E-state index contributed by atoms with van der Waals surface area (Å²) in [4.78, 5) is 25.4. The Hall–Kier alpha value is -1.14. The monoisotopic (exact) mass is 380 g/mol. The third-order valence-electron chi connectivity index (χ3n) is 7.59. The van der Waals surface area contributed by atoms with E-state index in [4.69, 9.17) is 18.9 Å². The van der Waals surface area contributed by atoms with Gasteiger partial charge in [0.2, 0.25) is 0 Å². The molecule has 0 aromatic rings. The fourth-order valence-corrected chi connectivity index (χ4v) is 5.12. The second-order valence-electron chi connectivity index (χ2n) is 9.36. The van der Waals surface area contributed by atoms with Crippen LogP contribution in [0.2, 0.25) is 0 Å². The summed E-state index contributed by atoms with van der Waals surface area (Å²) in [6.07, 6.45) is 4.57. The van der Waals surface area contributed by atoms with Crippen molar-refractivity contribution in [1.82, 2.24) is 0 Å². The molecular formula is C21H32O6. The topological polar surface area (TPSA) is 71.1 Å². The average Bonchev–Trinajstić information content (AvgIpc) is 3.21. The van der Waals surface area contributed by atoms with Gasteiger partial charge in [0.1, 0.15) is 13.2 Å². The van der Waals surface area contributed by atoms with Crippen molar-refractivity contribution < 1.29 is 28.5 Å². The lowest BCUT2D eigenvalue weighted by molar-refractivity contribution is -0.179. The van der Waals surface area contributed by atoms with Crippen LogP contribution in [0.5, 0.6) is 0 Å². The van der Waals surface area contributed by atoms with E-state index in [-0.39, 0.29) is 40.5 Å². The standard InChI is InChI=1S/C21H32O6/c1-3-20(8-24-9-20)12-26-18(22)16-6-14-5-15(16)17(7-14)19(23)27-13-21(4-2)10-25-11-21/h14-17H,3-13H2,1-2H3. The molecule has 4 aliphatic rings. The van der Waals surface area contributed by atoms with Gasteiger partial charge in [-0.1, -0.05) is 13.8 Å². The average molecular weight is 380 g/mol. The van der Waals surface area contributed by atoms with Crippen LogP contribution in [0.4, 0.5) is 0 Å². The van der Waals surface area contributed by atoms with Gasteiger partial charge in [-0.05, 0) is 43.9 Å². The summed E-state index contributed by atoms with van der Waals surface area (Å²) in [6, 6.07) is 0. The molecule has 2 unspecified atom stereocenters.